The van der Waals surface area contributed by atoms with Gasteiger partial charge in [-0.1, -0.05) is 55.7 Å². The van der Waals surface area contributed by atoms with Crippen molar-refractivity contribution in [3.63, 3.8) is 0 Å². The van der Waals surface area contributed by atoms with Gasteiger partial charge in [0.1, 0.15) is 0 Å². The van der Waals surface area contributed by atoms with Crippen LogP contribution in [0.3, 0.4) is 0 Å². The fourth-order valence-corrected chi connectivity index (χ4v) is 2.76. The third kappa shape index (κ3) is 7.73. The second-order valence-electron chi connectivity index (χ2n) is 6.05. The van der Waals surface area contributed by atoms with Crippen LogP contribution in [0.4, 0.5) is 5.69 Å². The third-order valence-corrected chi connectivity index (χ3v) is 4.10. The van der Waals surface area contributed by atoms with Crippen LogP contribution in [0, 0.1) is 0 Å². The summed E-state index contributed by atoms with van der Waals surface area (Å²) < 4.78 is 0. The monoisotopic (exact) mass is 361 g/mol. The molecule has 0 fully saturated rings. The van der Waals surface area contributed by atoms with E-state index in [1.165, 1.54) is 0 Å². The van der Waals surface area contributed by atoms with Crippen LogP contribution >= 0.6 is 0 Å². The summed E-state index contributed by atoms with van der Waals surface area (Å²) in [5.41, 5.74) is 1.58. The predicted octanol–water partition coefficient (Wildman–Crippen LogP) is 0.428. The summed E-state index contributed by atoms with van der Waals surface area (Å²) in [6, 6.07) is 19.0. The number of unbranched alkanes of at least 4 members (excludes halogenated alkanes) is 4. The van der Waals surface area contributed by atoms with Crippen molar-refractivity contribution in [2.24, 2.45) is 0 Å². The van der Waals surface area contributed by atoms with Gasteiger partial charge >= 0.3 is 29.6 Å². The van der Waals surface area contributed by atoms with Gasteiger partial charge in [0.05, 0.1) is 0 Å². The van der Waals surface area contributed by atoms with Crippen molar-refractivity contribution in [3.8, 4) is 0 Å². The van der Waals surface area contributed by atoms with Crippen molar-refractivity contribution in [1.82, 2.24) is 0 Å². The molecule has 1 amide bonds. The Morgan fingerprint density at radius 2 is 1.31 bits per heavy atom. The molecule has 0 aliphatic rings. The Morgan fingerprint density at radius 1 is 0.769 bits per heavy atom. The minimum Gasteiger partial charge on any atom is -0.550 e. The van der Waals surface area contributed by atoms with Gasteiger partial charge in [0.2, 0.25) is 0 Å². The quantitative estimate of drug-likeness (QED) is 0.455. The molecule has 0 radical (unpaired) electrons. The average molecular weight is 361 g/mol. The number of amides is 1. The maximum absolute atomic E-state index is 12.8. The number of anilines is 1. The van der Waals surface area contributed by atoms with Crippen LogP contribution in [0.2, 0.25) is 0 Å². The second kappa shape index (κ2) is 12.7. The molecule has 0 aromatic heterocycles. The summed E-state index contributed by atoms with van der Waals surface area (Å²) in [4.78, 5) is 25.0. The Labute approximate surface area is 177 Å². The topological polar surface area (TPSA) is 60.4 Å². The Hall–Kier alpha value is -1.62. The molecule has 0 atom stereocenters. The number of carbonyl (C=O) groups is 2. The number of benzene rings is 2. The summed E-state index contributed by atoms with van der Waals surface area (Å²) in [6.45, 7) is 0.651. The molecule has 0 saturated carbocycles. The summed E-state index contributed by atoms with van der Waals surface area (Å²) >= 11 is 0. The molecule has 0 bridgehead atoms. The third-order valence-electron chi connectivity index (χ3n) is 4.10. The van der Waals surface area contributed by atoms with E-state index in [9.17, 15) is 14.7 Å². The van der Waals surface area contributed by atoms with Gasteiger partial charge in [0.15, 0.2) is 0 Å². The van der Waals surface area contributed by atoms with Gasteiger partial charge in [0.25, 0.3) is 5.91 Å². The number of carboxylic acid groups (broad SMARTS) is 1. The number of aliphatic carboxylic acids is 1. The van der Waals surface area contributed by atoms with E-state index in [4.69, 9.17) is 0 Å². The molecule has 2 aromatic rings. The summed E-state index contributed by atoms with van der Waals surface area (Å²) in [6.07, 6.45) is 4.49. The molecule has 132 valence electrons. The van der Waals surface area contributed by atoms with Crippen LogP contribution in [0.15, 0.2) is 60.7 Å². The molecular weight excluding hydrogens is 337 g/mol. The molecule has 0 heterocycles. The minimum absolute atomic E-state index is 0. The smallest absolute Gasteiger partial charge is 0.550 e. The van der Waals surface area contributed by atoms with E-state index < -0.39 is 5.97 Å². The van der Waals surface area contributed by atoms with Crippen LogP contribution in [-0.4, -0.2) is 18.4 Å². The molecule has 4 nitrogen and oxygen atoms in total. The number of carboxylic acids is 1. The van der Waals surface area contributed by atoms with Crippen molar-refractivity contribution < 1.29 is 44.3 Å². The zero-order chi connectivity index (χ0) is 17.9. The Balaban J connectivity index is 0.00000338. The molecule has 0 unspecified atom stereocenters. The van der Waals surface area contributed by atoms with E-state index in [0.717, 1.165) is 31.4 Å². The van der Waals surface area contributed by atoms with E-state index in [0.29, 0.717) is 18.5 Å². The maximum Gasteiger partial charge on any atom is 1.00 e. The van der Waals surface area contributed by atoms with Crippen molar-refractivity contribution in [1.29, 1.82) is 0 Å². The van der Waals surface area contributed by atoms with Crippen molar-refractivity contribution in [2.45, 2.75) is 38.5 Å². The first kappa shape index (κ1) is 22.4. The first-order valence-corrected chi connectivity index (χ1v) is 8.80. The minimum atomic E-state index is -0.983. The van der Waals surface area contributed by atoms with E-state index in [1.54, 1.807) is 0 Å². The molecule has 26 heavy (non-hydrogen) atoms. The van der Waals surface area contributed by atoms with Gasteiger partial charge in [-0.2, -0.15) is 0 Å². The summed E-state index contributed by atoms with van der Waals surface area (Å²) in [7, 11) is 0. The molecule has 0 spiro atoms. The van der Waals surface area contributed by atoms with E-state index in [1.807, 2.05) is 65.6 Å². The van der Waals surface area contributed by atoms with Gasteiger partial charge in [-0.3, -0.25) is 4.79 Å². The first-order chi connectivity index (χ1) is 12.2. The molecule has 0 N–H and O–H groups in total. The molecule has 2 rings (SSSR count). The molecule has 5 heteroatoms. The average Bonchev–Trinajstić information content (AvgIpc) is 2.65. The second-order valence-corrected chi connectivity index (χ2v) is 6.05. The standard InChI is InChI=1S/C21H25NO3.Na/c23-20(24)16-10-2-1-3-11-17-22(19-14-8-5-9-15-19)21(25)18-12-6-4-7-13-18;/h4-9,12-15H,1-3,10-11,16-17H2,(H,23,24);/q;+1/p-1. The Bertz CT molecular complexity index is 661. The van der Waals surface area contributed by atoms with Gasteiger partial charge in [0, 0.05) is 23.8 Å². The maximum atomic E-state index is 12.8. The van der Waals surface area contributed by atoms with Gasteiger partial charge in [-0.25, -0.2) is 0 Å². The summed E-state index contributed by atoms with van der Waals surface area (Å²) in [5.74, 6) is -0.979. The van der Waals surface area contributed by atoms with Crippen LogP contribution in [0.25, 0.3) is 0 Å². The fraction of sp³-hybridized carbons (Fsp3) is 0.333. The molecular formula is C21H24NNaO3. The van der Waals surface area contributed by atoms with E-state index in [2.05, 4.69) is 0 Å². The van der Waals surface area contributed by atoms with Crippen LogP contribution in [-0.2, 0) is 4.79 Å². The van der Waals surface area contributed by atoms with Crippen molar-refractivity contribution in [3.05, 3.63) is 66.2 Å². The molecule has 0 saturated heterocycles. The van der Waals surface area contributed by atoms with Crippen molar-refractivity contribution >= 4 is 17.6 Å². The zero-order valence-corrected chi connectivity index (χ0v) is 17.4. The number of para-hydroxylation sites is 1. The van der Waals surface area contributed by atoms with E-state index in [-0.39, 0.29) is 41.9 Å². The number of carbonyl (C=O) groups excluding carboxylic acids is 2. The SMILES string of the molecule is O=C([O-])CCCCCCCN(C(=O)c1ccccc1)c1ccccc1.[Na+]. The summed E-state index contributed by atoms with van der Waals surface area (Å²) in [5, 5.41) is 10.4. The van der Waals surface area contributed by atoms with Gasteiger partial charge < -0.3 is 14.8 Å². The van der Waals surface area contributed by atoms with Crippen molar-refractivity contribution in [2.75, 3.05) is 11.4 Å². The Kier molecular flexibility index (Phi) is 10.9. The Morgan fingerprint density at radius 3 is 1.92 bits per heavy atom. The van der Waals surface area contributed by atoms with Gasteiger partial charge in [-0.15, -0.1) is 0 Å². The largest absolute Gasteiger partial charge is 1.00 e. The van der Waals surface area contributed by atoms with Crippen LogP contribution in [0.5, 0.6) is 0 Å². The normalized spacial score (nSPS) is 10.0. The molecule has 0 aliphatic heterocycles. The number of nitrogens with zero attached hydrogens (tertiary/aromatic N) is 1. The number of rotatable bonds is 10. The van der Waals surface area contributed by atoms with Crippen LogP contribution < -0.4 is 39.6 Å². The predicted molar refractivity (Wildman–Crippen MR) is 97.3 cm³/mol. The molecule has 0 aliphatic carbocycles. The number of hydrogen-bond donors (Lipinski definition) is 0. The fourth-order valence-electron chi connectivity index (χ4n) is 2.76. The van der Waals surface area contributed by atoms with Gasteiger partial charge in [-0.05, 0) is 43.5 Å². The number of hydrogen-bond acceptors (Lipinski definition) is 3. The van der Waals surface area contributed by atoms with Crippen LogP contribution in [0.1, 0.15) is 48.9 Å². The molecule has 2 aromatic carbocycles. The first-order valence-electron chi connectivity index (χ1n) is 8.80. The zero-order valence-electron chi connectivity index (χ0n) is 15.4. The van der Waals surface area contributed by atoms with E-state index >= 15 is 0 Å².